The van der Waals surface area contributed by atoms with Crippen LogP contribution in [0.4, 0.5) is 0 Å². The first kappa shape index (κ1) is 20.9. The Bertz CT molecular complexity index is 1290. The average Bonchev–Trinajstić information content (AvgIpc) is 3.14. The number of aromatic nitrogens is 1. The van der Waals surface area contributed by atoms with E-state index in [1.807, 2.05) is 18.2 Å². The number of Topliss-reactive ketones (excluding diaryl/α,β-unsaturated/α-hetero) is 1. The lowest BCUT2D eigenvalue weighted by molar-refractivity contribution is -0.140. The van der Waals surface area contributed by atoms with Gasteiger partial charge in [0.2, 0.25) is 11.7 Å². The maximum Gasteiger partial charge on any atom is 0.306 e. The number of benzene rings is 2. The third-order valence-electron chi connectivity index (χ3n) is 6.07. The summed E-state index contributed by atoms with van der Waals surface area (Å²) in [4.78, 5) is 29.7. The Morgan fingerprint density at radius 2 is 1.91 bits per heavy atom. The van der Waals surface area contributed by atoms with Crippen LogP contribution in [0.15, 0.2) is 60.5 Å². The zero-order valence-corrected chi connectivity index (χ0v) is 18.6. The van der Waals surface area contributed by atoms with Crippen LogP contribution in [-0.4, -0.2) is 23.8 Å². The number of rotatable bonds is 4. The molecule has 0 unspecified atom stereocenters. The summed E-state index contributed by atoms with van der Waals surface area (Å²) in [6.45, 7) is 4.27. The lowest BCUT2D eigenvalue weighted by Gasteiger charge is -2.27. The Morgan fingerprint density at radius 1 is 1.12 bits per heavy atom. The first-order chi connectivity index (χ1) is 16.0. The zero-order chi connectivity index (χ0) is 23.1. The summed E-state index contributed by atoms with van der Waals surface area (Å²) in [6, 6.07) is 15.1. The third kappa shape index (κ3) is 3.67. The summed E-state index contributed by atoms with van der Waals surface area (Å²) in [6.07, 6.45) is 3.46. The van der Waals surface area contributed by atoms with Gasteiger partial charge in [0.1, 0.15) is 11.5 Å². The second-order valence-corrected chi connectivity index (χ2v) is 8.45. The van der Waals surface area contributed by atoms with Gasteiger partial charge in [-0.1, -0.05) is 44.2 Å². The Hall–Kier alpha value is -3.93. The zero-order valence-electron chi connectivity index (χ0n) is 18.6. The standard InChI is InChI=1S/C27H23NO5/c1-15(2)17-8-6-16(7-9-17)13-22-25(30)19-10-11-21-24(26(19)32-22)20(14-23(29)31-3)18-5-4-12-28-27(18)33-21/h4-13,15,20H,14H2,1-3H3/b22-13-/t20-/m1/s1. The molecule has 2 aliphatic rings. The van der Waals surface area contributed by atoms with Crippen LogP contribution in [0.3, 0.4) is 0 Å². The number of hydrogen-bond acceptors (Lipinski definition) is 6. The van der Waals surface area contributed by atoms with E-state index in [0.717, 1.165) is 11.1 Å². The van der Waals surface area contributed by atoms with Crippen LogP contribution in [0.1, 0.15) is 64.7 Å². The van der Waals surface area contributed by atoms with Crippen molar-refractivity contribution in [3.8, 4) is 17.4 Å². The summed E-state index contributed by atoms with van der Waals surface area (Å²) in [5.74, 6) is 1.07. The fraction of sp³-hybridized carbons (Fsp3) is 0.222. The number of carbonyl (C=O) groups excluding carboxylic acids is 2. The van der Waals surface area contributed by atoms with Crippen LogP contribution in [0.5, 0.6) is 17.4 Å². The van der Waals surface area contributed by atoms with Crippen LogP contribution < -0.4 is 9.47 Å². The third-order valence-corrected chi connectivity index (χ3v) is 6.07. The number of fused-ring (bicyclic) bond motifs is 4. The number of esters is 1. The van der Waals surface area contributed by atoms with Gasteiger partial charge in [-0.25, -0.2) is 4.98 Å². The van der Waals surface area contributed by atoms with E-state index in [9.17, 15) is 9.59 Å². The minimum Gasteiger partial charge on any atom is -0.469 e. The number of ketones is 1. The normalized spacial score (nSPS) is 17.2. The van der Waals surface area contributed by atoms with Gasteiger partial charge in [0.25, 0.3) is 0 Å². The monoisotopic (exact) mass is 441 g/mol. The minimum absolute atomic E-state index is 0.0786. The minimum atomic E-state index is -0.405. The van der Waals surface area contributed by atoms with Gasteiger partial charge in [0.15, 0.2) is 5.76 Å². The first-order valence-electron chi connectivity index (χ1n) is 10.9. The maximum absolute atomic E-state index is 13.2. The summed E-state index contributed by atoms with van der Waals surface area (Å²) >= 11 is 0. The molecule has 2 aromatic carbocycles. The van der Waals surface area contributed by atoms with E-state index in [1.54, 1.807) is 30.5 Å². The molecule has 0 saturated carbocycles. The molecule has 33 heavy (non-hydrogen) atoms. The van der Waals surface area contributed by atoms with E-state index in [4.69, 9.17) is 14.2 Å². The fourth-order valence-electron chi connectivity index (χ4n) is 4.28. The smallest absolute Gasteiger partial charge is 0.306 e. The second-order valence-electron chi connectivity index (χ2n) is 8.45. The molecule has 6 nitrogen and oxygen atoms in total. The van der Waals surface area contributed by atoms with Gasteiger partial charge in [0, 0.05) is 23.2 Å². The van der Waals surface area contributed by atoms with E-state index in [2.05, 4.69) is 31.0 Å². The molecule has 0 fully saturated rings. The molecule has 0 spiro atoms. The van der Waals surface area contributed by atoms with Crippen molar-refractivity contribution in [2.75, 3.05) is 7.11 Å². The Morgan fingerprint density at radius 3 is 2.64 bits per heavy atom. The van der Waals surface area contributed by atoms with Gasteiger partial charge in [-0.2, -0.15) is 0 Å². The highest BCUT2D eigenvalue weighted by Crippen LogP contribution is 2.52. The number of carbonyl (C=O) groups is 2. The van der Waals surface area contributed by atoms with Crippen LogP contribution in [0.25, 0.3) is 6.08 Å². The Labute approximate surface area is 191 Å². The fourth-order valence-corrected chi connectivity index (χ4v) is 4.28. The SMILES string of the molecule is COC(=O)C[C@@H]1c2cccnc2Oc2ccc3c(c21)O/C(=C\c1ccc(C(C)C)cc1)C3=O. The molecule has 0 N–H and O–H groups in total. The van der Waals surface area contributed by atoms with Crippen molar-refractivity contribution in [2.24, 2.45) is 0 Å². The first-order valence-corrected chi connectivity index (χ1v) is 10.9. The molecular weight excluding hydrogens is 418 g/mol. The number of pyridine rings is 1. The number of allylic oxidation sites excluding steroid dienone is 1. The van der Waals surface area contributed by atoms with E-state index in [-0.39, 0.29) is 23.9 Å². The summed E-state index contributed by atoms with van der Waals surface area (Å²) in [5.41, 5.74) is 3.96. The molecule has 5 rings (SSSR count). The maximum atomic E-state index is 13.2. The van der Waals surface area contributed by atoms with Crippen molar-refractivity contribution in [2.45, 2.75) is 32.1 Å². The summed E-state index contributed by atoms with van der Waals surface area (Å²) < 4.78 is 17.0. The molecule has 6 heteroatoms. The summed E-state index contributed by atoms with van der Waals surface area (Å²) in [7, 11) is 1.35. The van der Waals surface area contributed by atoms with Crippen molar-refractivity contribution < 1.29 is 23.8 Å². The van der Waals surface area contributed by atoms with Gasteiger partial charge in [-0.3, -0.25) is 9.59 Å². The molecule has 1 aromatic heterocycles. The van der Waals surface area contributed by atoms with Crippen molar-refractivity contribution in [3.63, 3.8) is 0 Å². The Balaban J connectivity index is 1.56. The van der Waals surface area contributed by atoms with E-state index in [0.29, 0.717) is 34.4 Å². The molecule has 3 heterocycles. The van der Waals surface area contributed by atoms with Crippen molar-refractivity contribution in [1.29, 1.82) is 0 Å². The number of methoxy groups -OCH3 is 1. The van der Waals surface area contributed by atoms with Crippen LogP contribution >= 0.6 is 0 Å². The van der Waals surface area contributed by atoms with Crippen LogP contribution in [0, 0.1) is 0 Å². The number of hydrogen-bond donors (Lipinski definition) is 0. The molecule has 0 saturated heterocycles. The van der Waals surface area contributed by atoms with Crippen LogP contribution in [-0.2, 0) is 9.53 Å². The number of ether oxygens (including phenoxy) is 3. The van der Waals surface area contributed by atoms with Gasteiger partial charge in [-0.15, -0.1) is 0 Å². The number of nitrogens with zero attached hydrogens (tertiary/aromatic N) is 1. The second kappa shape index (κ2) is 8.20. The largest absolute Gasteiger partial charge is 0.469 e. The van der Waals surface area contributed by atoms with Gasteiger partial charge >= 0.3 is 5.97 Å². The molecule has 0 aliphatic carbocycles. The van der Waals surface area contributed by atoms with Gasteiger partial charge in [-0.05, 0) is 41.3 Å². The molecular formula is C27H23NO5. The molecule has 0 radical (unpaired) electrons. The van der Waals surface area contributed by atoms with Crippen LogP contribution in [0.2, 0.25) is 0 Å². The molecule has 1 atom stereocenters. The highest BCUT2D eigenvalue weighted by atomic mass is 16.5. The highest BCUT2D eigenvalue weighted by Gasteiger charge is 2.39. The molecule has 0 amide bonds. The lowest BCUT2D eigenvalue weighted by atomic mass is 9.85. The van der Waals surface area contributed by atoms with Gasteiger partial charge < -0.3 is 14.2 Å². The molecule has 2 aliphatic heterocycles. The molecule has 166 valence electrons. The quantitative estimate of drug-likeness (QED) is 0.386. The molecule has 0 bridgehead atoms. The van der Waals surface area contributed by atoms with Crippen molar-refractivity contribution in [1.82, 2.24) is 4.98 Å². The van der Waals surface area contributed by atoms with E-state index < -0.39 is 5.92 Å². The summed E-state index contributed by atoms with van der Waals surface area (Å²) in [5, 5.41) is 0. The van der Waals surface area contributed by atoms with E-state index in [1.165, 1.54) is 12.7 Å². The van der Waals surface area contributed by atoms with Crippen molar-refractivity contribution in [3.05, 3.63) is 88.3 Å². The predicted molar refractivity (Wildman–Crippen MR) is 123 cm³/mol. The van der Waals surface area contributed by atoms with Gasteiger partial charge in [0.05, 0.1) is 19.1 Å². The average molecular weight is 441 g/mol. The molecule has 3 aromatic rings. The highest BCUT2D eigenvalue weighted by molar-refractivity contribution is 6.15. The topological polar surface area (TPSA) is 74.7 Å². The van der Waals surface area contributed by atoms with E-state index >= 15 is 0 Å². The van der Waals surface area contributed by atoms with Crippen molar-refractivity contribution >= 4 is 17.8 Å². The Kier molecular flexibility index (Phi) is 5.21. The lowest BCUT2D eigenvalue weighted by Crippen LogP contribution is -2.16. The predicted octanol–water partition coefficient (Wildman–Crippen LogP) is 5.62.